The number of fused-ring (bicyclic) bond motifs is 1. The van der Waals surface area contributed by atoms with Gasteiger partial charge in [-0.2, -0.15) is 0 Å². The molecule has 0 saturated heterocycles. The van der Waals surface area contributed by atoms with Crippen LogP contribution in [0, 0.1) is 13.8 Å². The predicted octanol–water partition coefficient (Wildman–Crippen LogP) is 2.97. The Hall–Kier alpha value is -2.41. The van der Waals surface area contributed by atoms with Crippen molar-refractivity contribution in [2.75, 3.05) is 5.73 Å². The van der Waals surface area contributed by atoms with E-state index >= 15 is 0 Å². The summed E-state index contributed by atoms with van der Waals surface area (Å²) < 4.78 is 5.71. The van der Waals surface area contributed by atoms with Gasteiger partial charge in [0.15, 0.2) is 5.76 Å². The molecule has 2 aromatic heterocycles. The first kappa shape index (κ1) is 14.5. The fraction of sp³-hybridized carbons (Fsp3) is 0.267. The minimum absolute atomic E-state index is 0.271. The largest absolute Gasteiger partial charge is 0.451 e. The van der Waals surface area contributed by atoms with E-state index in [9.17, 15) is 4.79 Å². The molecule has 6 nitrogen and oxygen atoms in total. The van der Waals surface area contributed by atoms with Gasteiger partial charge in [0.1, 0.15) is 10.6 Å². The van der Waals surface area contributed by atoms with Crippen molar-refractivity contribution in [1.29, 1.82) is 0 Å². The van der Waals surface area contributed by atoms with Crippen LogP contribution in [0.3, 0.4) is 0 Å². The molecular formula is C15H16N4O2S. The van der Waals surface area contributed by atoms with E-state index in [0.717, 1.165) is 22.1 Å². The molecule has 1 atom stereocenters. The predicted molar refractivity (Wildman–Crippen MR) is 85.9 cm³/mol. The topological polar surface area (TPSA) is 94.0 Å². The average molecular weight is 316 g/mol. The Morgan fingerprint density at radius 2 is 2.14 bits per heavy atom. The summed E-state index contributed by atoms with van der Waals surface area (Å²) in [6.45, 7) is 5.70. The van der Waals surface area contributed by atoms with Crippen molar-refractivity contribution in [3.8, 4) is 0 Å². The highest BCUT2D eigenvalue weighted by atomic mass is 32.1. The molecule has 3 N–H and O–H groups in total. The van der Waals surface area contributed by atoms with Crippen LogP contribution in [0.5, 0.6) is 0 Å². The number of aromatic nitrogens is 2. The van der Waals surface area contributed by atoms with Crippen LogP contribution in [0.4, 0.5) is 5.13 Å². The molecule has 3 rings (SSSR count). The van der Waals surface area contributed by atoms with E-state index in [1.165, 1.54) is 11.3 Å². The molecule has 3 aromatic rings. The van der Waals surface area contributed by atoms with Crippen LogP contribution in [-0.2, 0) is 0 Å². The Morgan fingerprint density at radius 1 is 1.36 bits per heavy atom. The Bertz CT molecular complexity index is 852. The molecular weight excluding hydrogens is 300 g/mol. The van der Waals surface area contributed by atoms with E-state index in [0.29, 0.717) is 15.9 Å². The van der Waals surface area contributed by atoms with Gasteiger partial charge in [0.25, 0.3) is 5.91 Å². The summed E-state index contributed by atoms with van der Waals surface area (Å²) in [6.07, 6.45) is 0. The third-order valence-corrected chi connectivity index (χ3v) is 4.41. The summed E-state index contributed by atoms with van der Waals surface area (Å²) in [7, 11) is 0. The van der Waals surface area contributed by atoms with Gasteiger partial charge in [-0.3, -0.25) is 4.79 Å². The van der Waals surface area contributed by atoms with Crippen molar-refractivity contribution in [3.63, 3.8) is 0 Å². The molecule has 2 heterocycles. The van der Waals surface area contributed by atoms with E-state index in [1.807, 2.05) is 39.0 Å². The number of carbonyl (C=O) groups is 1. The quantitative estimate of drug-likeness (QED) is 0.774. The molecule has 0 unspecified atom stereocenters. The molecule has 0 bridgehead atoms. The average Bonchev–Trinajstić information content (AvgIpc) is 3.03. The smallest absolute Gasteiger partial charge is 0.287 e. The molecule has 1 aromatic carbocycles. The van der Waals surface area contributed by atoms with E-state index in [-0.39, 0.29) is 11.9 Å². The zero-order chi connectivity index (χ0) is 15.9. The number of nitrogen functional groups attached to an aromatic ring is 1. The SMILES string of the molecule is Cc1ccc2c(C)c(C(=O)N[C@@H](C)c3nnc(N)s3)oc2c1. The number of rotatable bonds is 3. The molecule has 0 saturated carbocycles. The van der Waals surface area contributed by atoms with E-state index in [4.69, 9.17) is 10.2 Å². The first-order valence-corrected chi connectivity index (χ1v) is 7.67. The van der Waals surface area contributed by atoms with Crippen LogP contribution in [0.25, 0.3) is 11.0 Å². The third-order valence-electron chi connectivity index (χ3n) is 3.47. The number of carbonyl (C=O) groups excluding carboxylic acids is 1. The van der Waals surface area contributed by atoms with Gasteiger partial charge in [-0.15, -0.1) is 10.2 Å². The second kappa shape index (κ2) is 5.42. The maximum Gasteiger partial charge on any atom is 0.287 e. The first-order valence-electron chi connectivity index (χ1n) is 6.85. The fourth-order valence-corrected chi connectivity index (χ4v) is 2.91. The summed E-state index contributed by atoms with van der Waals surface area (Å²) in [4.78, 5) is 12.4. The summed E-state index contributed by atoms with van der Waals surface area (Å²) >= 11 is 1.25. The van der Waals surface area contributed by atoms with Crippen molar-refractivity contribution < 1.29 is 9.21 Å². The minimum atomic E-state index is -0.281. The number of anilines is 1. The summed E-state index contributed by atoms with van der Waals surface area (Å²) in [5, 5.41) is 12.5. The van der Waals surface area contributed by atoms with E-state index in [2.05, 4.69) is 15.5 Å². The Kier molecular flexibility index (Phi) is 3.58. The third kappa shape index (κ3) is 2.55. The lowest BCUT2D eigenvalue weighted by Gasteiger charge is -2.09. The molecule has 0 aliphatic rings. The first-order chi connectivity index (χ1) is 10.5. The maximum atomic E-state index is 12.4. The highest BCUT2D eigenvalue weighted by molar-refractivity contribution is 7.15. The molecule has 114 valence electrons. The van der Waals surface area contributed by atoms with Crippen LogP contribution in [0.2, 0.25) is 0 Å². The Balaban J connectivity index is 1.87. The lowest BCUT2D eigenvalue weighted by Crippen LogP contribution is -2.26. The van der Waals surface area contributed by atoms with Gasteiger partial charge in [0.05, 0.1) is 6.04 Å². The molecule has 7 heteroatoms. The molecule has 0 fully saturated rings. The van der Waals surface area contributed by atoms with Gasteiger partial charge >= 0.3 is 0 Å². The molecule has 1 amide bonds. The monoisotopic (exact) mass is 316 g/mol. The fourth-order valence-electron chi connectivity index (χ4n) is 2.29. The highest BCUT2D eigenvalue weighted by Gasteiger charge is 2.21. The van der Waals surface area contributed by atoms with Crippen LogP contribution in [-0.4, -0.2) is 16.1 Å². The van der Waals surface area contributed by atoms with Gasteiger partial charge in [-0.05, 0) is 32.4 Å². The second-order valence-electron chi connectivity index (χ2n) is 5.23. The van der Waals surface area contributed by atoms with Crippen molar-refractivity contribution >= 4 is 33.3 Å². The molecule has 0 radical (unpaired) electrons. The Labute approximate surface area is 131 Å². The number of nitrogens with two attached hydrogens (primary N) is 1. The lowest BCUT2D eigenvalue weighted by atomic mass is 10.1. The van der Waals surface area contributed by atoms with Crippen LogP contribution >= 0.6 is 11.3 Å². The van der Waals surface area contributed by atoms with Crippen LogP contribution < -0.4 is 11.1 Å². The van der Waals surface area contributed by atoms with Crippen LogP contribution in [0.15, 0.2) is 22.6 Å². The Morgan fingerprint density at radius 3 is 2.82 bits per heavy atom. The molecule has 0 aliphatic carbocycles. The highest BCUT2D eigenvalue weighted by Crippen LogP contribution is 2.27. The number of nitrogens with zero attached hydrogens (tertiary/aromatic N) is 2. The maximum absolute atomic E-state index is 12.4. The van der Waals surface area contributed by atoms with E-state index in [1.54, 1.807) is 0 Å². The van der Waals surface area contributed by atoms with Crippen molar-refractivity contribution in [2.24, 2.45) is 0 Å². The summed E-state index contributed by atoms with van der Waals surface area (Å²) in [5.41, 5.74) is 8.20. The van der Waals surface area contributed by atoms with Gasteiger partial charge in [-0.1, -0.05) is 23.5 Å². The van der Waals surface area contributed by atoms with Gasteiger partial charge < -0.3 is 15.5 Å². The van der Waals surface area contributed by atoms with Crippen LogP contribution in [0.1, 0.15) is 39.7 Å². The van der Waals surface area contributed by atoms with Gasteiger partial charge in [0, 0.05) is 10.9 Å². The zero-order valence-corrected chi connectivity index (χ0v) is 13.3. The number of nitrogens with one attached hydrogen (secondary N) is 1. The van der Waals surface area contributed by atoms with Gasteiger partial charge in [0.2, 0.25) is 5.13 Å². The molecule has 22 heavy (non-hydrogen) atoms. The zero-order valence-electron chi connectivity index (χ0n) is 12.5. The normalized spacial score (nSPS) is 12.5. The molecule has 0 aliphatic heterocycles. The van der Waals surface area contributed by atoms with Crippen molar-refractivity contribution in [1.82, 2.24) is 15.5 Å². The second-order valence-corrected chi connectivity index (χ2v) is 6.27. The number of hydrogen-bond acceptors (Lipinski definition) is 6. The number of amides is 1. The van der Waals surface area contributed by atoms with Crippen molar-refractivity contribution in [3.05, 3.63) is 40.1 Å². The van der Waals surface area contributed by atoms with E-state index < -0.39 is 0 Å². The lowest BCUT2D eigenvalue weighted by molar-refractivity contribution is 0.0913. The summed E-state index contributed by atoms with van der Waals surface area (Å²) in [5.74, 6) is 0.0533. The van der Waals surface area contributed by atoms with Gasteiger partial charge in [-0.25, -0.2) is 0 Å². The minimum Gasteiger partial charge on any atom is -0.451 e. The summed E-state index contributed by atoms with van der Waals surface area (Å²) in [6, 6.07) is 5.61. The standard InChI is InChI=1S/C15H16N4O2S/c1-7-4-5-10-8(2)12(21-11(10)6-7)13(20)17-9(3)14-18-19-15(16)22-14/h4-6,9H,1-3H3,(H2,16,19)(H,17,20)/t9-/m0/s1. The number of aryl methyl sites for hydroxylation is 2. The number of hydrogen-bond donors (Lipinski definition) is 2. The van der Waals surface area contributed by atoms with Crippen molar-refractivity contribution in [2.45, 2.75) is 26.8 Å². The number of furan rings is 1. The molecule has 0 spiro atoms. The number of benzene rings is 1.